The highest BCUT2D eigenvalue weighted by Crippen LogP contribution is 2.44. The topological polar surface area (TPSA) is 55.4 Å². The smallest absolute Gasteiger partial charge is 0.407 e. The first kappa shape index (κ1) is 20.9. The fraction of sp³-hybridized carbons (Fsp3) is 0.154. The Bertz CT molecular complexity index is 1090. The summed E-state index contributed by atoms with van der Waals surface area (Å²) in [6.45, 7) is 0.736. The van der Waals surface area contributed by atoms with Crippen molar-refractivity contribution in [2.24, 2.45) is 0 Å². The van der Waals surface area contributed by atoms with Gasteiger partial charge in [-0.3, -0.25) is 4.79 Å². The van der Waals surface area contributed by atoms with Gasteiger partial charge < -0.3 is 10.1 Å². The van der Waals surface area contributed by atoms with Crippen LogP contribution in [-0.4, -0.2) is 25.5 Å². The number of benzene rings is 3. The van der Waals surface area contributed by atoms with E-state index in [9.17, 15) is 9.59 Å². The first-order valence-electron chi connectivity index (χ1n) is 10.2. The summed E-state index contributed by atoms with van der Waals surface area (Å²) in [5, 5.41) is 3.30. The van der Waals surface area contributed by atoms with Crippen LogP contribution >= 0.6 is 11.6 Å². The molecule has 156 valence electrons. The number of hydrogen-bond donors (Lipinski definition) is 1. The first-order valence-corrected chi connectivity index (χ1v) is 10.6. The van der Waals surface area contributed by atoms with E-state index in [-0.39, 0.29) is 5.92 Å². The third kappa shape index (κ3) is 4.70. The van der Waals surface area contributed by atoms with Gasteiger partial charge in [0.05, 0.1) is 0 Å². The number of nitrogens with one attached hydrogen (secondary N) is 1. The number of aldehydes is 1. The van der Waals surface area contributed by atoms with E-state index in [2.05, 4.69) is 29.6 Å². The van der Waals surface area contributed by atoms with E-state index in [4.69, 9.17) is 16.3 Å². The highest BCUT2D eigenvalue weighted by Gasteiger charge is 2.28. The summed E-state index contributed by atoms with van der Waals surface area (Å²) in [4.78, 5) is 23.3. The van der Waals surface area contributed by atoms with Gasteiger partial charge in [-0.1, -0.05) is 78.4 Å². The molecule has 1 N–H and O–H groups in total. The van der Waals surface area contributed by atoms with E-state index < -0.39 is 6.09 Å². The molecule has 1 aliphatic carbocycles. The lowest BCUT2D eigenvalue weighted by atomic mass is 9.98. The molecule has 0 unspecified atom stereocenters. The van der Waals surface area contributed by atoms with Crippen LogP contribution in [-0.2, 0) is 4.74 Å². The summed E-state index contributed by atoms with van der Waals surface area (Å²) in [5.41, 5.74) is 6.11. The molecule has 3 aromatic rings. The van der Waals surface area contributed by atoms with Crippen LogP contribution in [0.4, 0.5) is 4.79 Å². The fourth-order valence-electron chi connectivity index (χ4n) is 3.92. The lowest BCUT2D eigenvalue weighted by Gasteiger charge is -2.14. The molecule has 0 atom stereocenters. The Morgan fingerprint density at radius 3 is 2.32 bits per heavy atom. The molecule has 3 aromatic carbocycles. The van der Waals surface area contributed by atoms with E-state index in [0.717, 1.165) is 11.8 Å². The van der Waals surface area contributed by atoms with Crippen molar-refractivity contribution >= 4 is 30.1 Å². The van der Waals surface area contributed by atoms with E-state index >= 15 is 0 Å². The summed E-state index contributed by atoms with van der Waals surface area (Å²) in [5.74, 6) is 0.0460. The molecule has 4 rings (SSSR count). The Morgan fingerprint density at radius 2 is 1.65 bits per heavy atom. The normalized spacial score (nSPS) is 12.4. The maximum Gasteiger partial charge on any atom is 0.407 e. The molecule has 0 fully saturated rings. The number of amides is 1. The van der Waals surface area contributed by atoms with Gasteiger partial charge >= 0.3 is 6.09 Å². The second-order valence-corrected chi connectivity index (χ2v) is 7.77. The van der Waals surface area contributed by atoms with E-state index in [1.165, 1.54) is 22.3 Å². The average Bonchev–Trinajstić information content (AvgIpc) is 3.12. The Hall–Kier alpha value is -3.37. The molecular formula is C26H22ClNO3. The van der Waals surface area contributed by atoms with Crippen molar-refractivity contribution in [3.63, 3.8) is 0 Å². The minimum atomic E-state index is -0.435. The summed E-state index contributed by atoms with van der Waals surface area (Å²) in [6, 6.07) is 21.7. The van der Waals surface area contributed by atoms with Crippen LogP contribution in [0.15, 0.2) is 72.8 Å². The van der Waals surface area contributed by atoms with Crippen molar-refractivity contribution in [2.75, 3.05) is 13.2 Å². The number of ether oxygens (including phenoxy) is 1. The van der Waals surface area contributed by atoms with E-state index in [1.54, 1.807) is 18.2 Å². The van der Waals surface area contributed by atoms with Crippen molar-refractivity contribution in [1.82, 2.24) is 5.32 Å². The Morgan fingerprint density at radius 1 is 0.968 bits per heavy atom. The molecule has 1 aliphatic rings. The van der Waals surface area contributed by atoms with Crippen molar-refractivity contribution in [2.45, 2.75) is 12.3 Å². The molecule has 0 heterocycles. The molecule has 4 nitrogen and oxygen atoms in total. The lowest BCUT2D eigenvalue weighted by molar-refractivity contribution is 0.112. The summed E-state index contributed by atoms with van der Waals surface area (Å²) < 4.78 is 5.52. The SMILES string of the molecule is O=Cc1cc(Cl)ccc1C=CCCNC(=O)OCC1c2ccccc2-c2ccccc21. The maximum absolute atomic E-state index is 12.2. The number of rotatable bonds is 7. The molecule has 0 aliphatic heterocycles. The second kappa shape index (κ2) is 9.63. The zero-order valence-corrected chi connectivity index (χ0v) is 17.6. The van der Waals surface area contributed by atoms with E-state index in [1.807, 2.05) is 36.4 Å². The largest absolute Gasteiger partial charge is 0.449 e. The Balaban J connectivity index is 1.28. The number of carbonyl (C=O) groups excluding carboxylic acids is 2. The zero-order chi connectivity index (χ0) is 21.6. The third-order valence-corrected chi connectivity index (χ3v) is 5.63. The fourth-order valence-corrected chi connectivity index (χ4v) is 4.10. The van der Waals surface area contributed by atoms with Gasteiger partial charge in [0.15, 0.2) is 6.29 Å². The monoisotopic (exact) mass is 431 g/mol. The minimum Gasteiger partial charge on any atom is -0.449 e. The second-order valence-electron chi connectivity index (χ2n) is 7.33. The minimum absolute atomic E-state index is 0.0460. The van der Waals surface area contributed by atoms with Crippen LogP contribution in [0.1, 0.15) is 39.4 Å². The van der Waals surface area contributed by atoms with Gasteiger partial charge in [-0.15, -0.1) is 0 Å². The molecule has 5 heteroatoms. The zero-order valence-electron chi connectivity index (χ0n) is 16.9. The molecule has 31 heavy (non-hydrogen) atoms. The molecule has 0 spiro atoms. The van der Waals surface area contributed by atoms with Crippen molar-refractivity contribution in [1.29, 1.82) is 0 Å². The molecule has 0 saturated carbocycles. The van der Waals surface area contributed by atoms with Gasteiger partial charge in [0.2, 0.25) is 0 Å². The molecule has 1 amide bonds. The van der Waals surface area contributed by atoms with Crippen LogP contribution in [0.3, 0.4) is 0 Å². The Labute approximate surface area is 186 Å². The number of halogens is 1. The van der Waals surface area contributed by atoms with Crippen molar-refractivity contribution in [3.05, 3.63) is 100 Å². The predicted octanol–water partition coefficient (Wildman–Crippen LogP) is 6.09. The highest BCUT2D eigenvalue weighted by molar-refractivity contribution is 6.30. The molecule has 0 aromatic heterocycles. The van der Waals surface area contributed by atoms with Gasteiger partial charge in [0.1, 0.15) is 6.61 Å². The van der Waals surface area contributed by atoms with Crippen molar-refractivity contribution < 1.29 is 14.3 Å². The van der Waals surface area contributed by atoms with Gasteiger partial charge in [0.25, 0.3) is 0 Å². The highest BCUT2D eigenvalue weighted by atomic mass is 35.5. The number of hydrogen-bond acceptors (Lipinski definition) is 3. The predicted molar refractivity (Wildman–Crippen MR) is 124 cm³/mol. The van der Waals surface area contributed by atoms with Gasteiger partial charge in [0, 0.05) is 23.0 Å². The van der Waals surface area contributed by atoms with Gasteiger partial charge in [-0.05, 0) is 46.4 Å². The number of fused-ring (bicyclic) bond motifs is 3. The van der Waals surface area contributed by atoms with Crippen LogP contribution in [0.5, 0.6) is 0 Å². The molecular weight excluding hydrogens is 410 g/mol. The standard InChI is InChI=1S/C26H22ClNO3/c27-20-13-12-18(19(15-20)16-29)7-5-6-14-28-26(30)31-17-25-23-10-3-1-8-21(23)22-9-2-4-11-24(22)25/h1-5,7-13,15-16,25H,6,14,17H2,(H,28,30). The summed E-state index contributed by atoms with van der Waals surface area (Å²) in [6.07, 6.45) is 4.71. The van der Waals surface area contributed by atoms with Crippen LogP contribution in [0.25, 0.3) is 17.2 Å². The van der Waals surface area contributed by atoms with Crippen LogP contribution < -0.4 is 5.32 Å². The van der Waals surface area contributed by atoms with Gasteiger partial charge in [-0.2, -0.15) is 0 Å². The number of carbonyl (C=O) groups is 2. The Kier molecular flexibility index (Phi) is 6.48. The van der Waals surface area contributed by atoms with Crippen LogP contribution in [0, 0.1) is 0 Å². The molecule has 0 radical (unpaired) electrons. The quantitative estimate of drug-likeness (QED) is 0.363. The average molecular weight is 432 g/mol. The first-order chi connectivity index (χ1) is 15.2. The third-order valence-electron chi connectivity index (χ3n) is 5.40. The van der Waals surface area contributed by atoms with Crippen molar-refractivity contribution in [3.8, 4) is 11.1 Å². The summed E-state index contributed by atoms with van der Waals surface area (Å²) >= 11 is 5.90. The summed E-state index contributed by atoms with van der Waals surface area (Å²) in [7, 11) is 0. The van der Waals surface area contributed by atoms with Crippen LogP contribution in [0.2, 0.25) is 5.02 Å². The molecule has 0 saturated heterocycles. The lowest BCUT2D eigenvalue weighted by Crippen LogP contribution is -2.26. The number of alkyl carbamates (subject to hydrolysis) is 1. The molecule has 0 bridgehead atoms. The maximum atomic E-state index is 12.2. The van der Waals surface area contributed by atoms with E-state index in [0.29, 0.717) is 30.2 Å². The van der Waals surface area contributed by atoms with Gasteiger partial charge in [-0.25, -0.2) is 4.79 Å².